The van der Waals surface area contributed by atoms with Crippen LogP contribution < -0.4 is 23.7 Å². The lowest BCUT2D eigenvalue weighted by atomic mass is 9.96. The molecule has 0 radical (unpaired) electrons. The predicted octanol–water partition coefficient (Wildman–Crippen LogP) is 21.3. The molecule has 5 aromatic rings. The van der Waals surface area contributed by atoms with E-state index >= 15 is 0 Å². The van der Waals surface area contributed by atoms with Crippen LogP contribution in [0.2, 0.25) is 0 Å². The van der Waals surface area contributed by atoms with Crippen LogP contribution in [0.5, 0.6) is 28.7 Å². The van der Waals surface area contributed by atoms with E-state index < -0.39 is 0 Å². The van der Waals surface area contributed by atoms with Gasteiger partial charge < -0.3 is 56.8 Å². The van der Waals surface area contributed by atoms with E-state index in [0.717, 1.165) is 97.5 Å². The van der Waals surface area contributed by atoms with Crippen LogP contribution in [0.3, 0.4) is 0 Å². The van der Waals surface area contributed by atoms with E-state index in [-0.39, 0.29) is 59.5 Å². The number of hydrogen-bond acceptors (Lipinski definition) is 12. The minimum absolute atomic E-state index is 0.0792. The molecule has 0 N–H and O–H groups in total. The maximum atomic E-state index is 13.5. The maximum Gasteiger partial charge on any atom is 0.124 e. The van der Waals surface area contributed by atoms with Gasteiger partial charge in [-0.05, 0) is 166 Å². The molecule has 538 valence electrons. The van der Waals surface area contributed by atoms with Crippen LogP contribution in [-0.2, 0) is 33.2 Å². The molecule has 1 saturated heterocycles. The van der Waals surface area contributed by atoms with Gasteiger partial charge in [0.25, 0.3) is 0 Å². The average Bonchev–Trinajstić information content (AvgIpc) is 0.974. The Labute approximate surface area is 573 Å². The molecule has 0 aromatic heterocycles. The molecule has 1 fully saturated rings. The summed E-state index contributed by atoms with van der Waals surface area (Å²) in [6.07, 6.45) is 6.82. The highest BCUT2D eigenvalue weighted by atomic mass is 19.1. The van der Waals surface area contributed by atoms with Crippen LogP contribution in [0.1, 0.15) is 221 Å². The largest absolute Gasteiger partial charge is 0.496 e. The third-order valence-electron chi connectivity index (χ3n) is 14.9. The van der Waals surface area contributed by atoms with Crippen molar-refractivity contribution in [3.8, 4) is 28.7 Å². The number of benzene rings is 5. The molecule has 6 rings (SSSR count). The summed E-state index contributed by atoms with van der Waals surface area (Å²) in [5.74, 6) is 6.11. The molecule has 15 heteroatoms. The summed E-state index contributed by atoms with van der Waals surface area (Å²) < 4.78 is 108. The molecule has 0 unspecified atom stereocenters. The van der Waals surface area contributed by atoms with Crippen LogP contribution in [0.25, 0.3) is 0 Å². The number of para-hydroxylation sites is 2. The Kier molecular flexibility index (Phi) is 42.2. The predicted molar refractivity (Wildman–Crippen MR) is 381 cm³/mol. The molecule has 12 nitrogen and oxygen atoms in total. The Balaban J connectivity index is 0.000000405. The van der Waals surface area contributed by atoms with E-state index in [1.54, 1.807) is 60.9 Å². The molecule has 5 atom stereocenters. The van der Waals surface area contributed by atoms with Gasteiger partial charge in [-0.2, -0.15) is 0 Å². The van der Waals surface area contributed by atoms with Gasteiger partial charge in [-0.25, -0.2) is 13.2 Å². The summed E-state index contributed by atoms with van der Waals surface area (Å²) in [5.41, 5.74) is 4.75. The SMILES string of the molecule is COCCO[C@@H](CC(C)C)c1cc(F)ccc1OC.COc1ccc(F)cc1[C@H](CC(C)C)OCC(C)(C)C.COc1ccc(F)cc1[C@H](CC(C)C)OCC(C)C.COc1ccccc1[C@H](CC(C)C)OC(C)C.COc1ccccc1[C@H](CC(C)C)OC1CCOCC1. The second kappa shape index (κ2) is 46.8. The molecule has 1 aliphatic heterocycles. The molecule has 1 aliphatic rings. The summed E-state index contributed by atoms with van der Waals surface area (Å²) in [4.78, 5) is 0. The minimum atomic E-state index is -0.278. The number of hydrogen-bond donors (Lipinski definition) is 0. The molecule has 0 saturated carbocycles. The normalized spacial score (nSPS) is 14.2. The summed E-state index contributed by atoms with van der Waals surface area (Å²) >= 11 is 0. The zero-order valence-electron chi connectivity index (χ0n) is 62.5. The smallest absolute Gasteiger partial charge is 0.124 e. The van der Waals surface area contributed by atoms with Gasteiger partial charge in [0.15, 0.2) is 0 Å². The molecular weight excluding hydrogens is 1210 g/mol. The number of rotatable bonds is 33. The number of halogens is 3. The van der Waals surface area contributed by atoms with Crippen molar-refractivity contribution in [3.05, 3.63) is 148 Å². The Morgan fingerprint density at radius 1 is 0.400 bits per heavy atom. The van der Waals surface area contributed by atoms with Crippen molar-refractivity contribution in [2.75, 3.05) is 82.3 Å². The first-order valence-electron chi connectivity index (χ1n) is 34.5. The van der Waals surface area contributed by atoms with Crippen molar-refractivity contribution < 1.29 is 70.0 Å². The molecule has 1 heterocycles. The fraction of sp³-hybridized carbons (Fsp3) is 0.625. The van der Waals surface area contributed by atoms with E-state index in [9.17, 15) is 13.2 Å². The van der Waals surface area contributed by atoms with Crippen molar-refractivity contribution in [2.45, 2.75) is 205 Å². The number of methoxy groups -OCH3 is 6. The lowest BCUT2D eigenvalue weighted by Gasteiger charge is -2.29. The van der Waals surface area contributed by atoms with E-state index in [2.05, 4.69) is 136 Å². The van der Waals surface area contributed by atoms with Crippen LogP contribution >= 0.6 is 0 Å². The monoisotopic (exact) mass is 1330 g/mol. The highest BCUT2D eigenvalue weighted by molar-refractivity contribution is 5.39. The Bertz CT molecular complexity index is 2780. The first-order valence-corrected chi connectivity index (χ1v) is 34.5. The first kappa shape index (κ1) is 85.7. The Morgan fingerprint density at radius 2 is 0.747 bits per heavy atom. The fourth-order valence-corrected chi connectivity index (χ4v) is 10.5. The van der Waals surface area contributed by atoms with Crippen molar-refractivity contribution in [2.24, 2.45) is 40.9 Å². The van der Waals surface area contributed by atoms with Gasteiger partial charge in [0.2, 0.25) is 0 Å². The van der Waals surface area contributed by atoms with Gasteiger partial charge in [0.1, 0.15) is 46.2 Å². The molecule has 0 aliphatic carbocycles. The standard InChI is InChI=1S/C17H27FO2.C17H26O3.C16H25FO2.C15H23FO3.C15H24O2/c1-12(2)9-16(20-11-17(3,4)5)14-10-13(18)7-8-15(14)19-6;1-13(2)12-17(20-14-8-10-19-11-9-14)15-6-4-5-7-16(15)18-3;1-11(2)8-16(19-10-12(3)4)14-9-13(17)6-7-15(14)18-5;1-11(2)9-15(19-8-7-17-3)13-10-12(16)5-6-14(13)18-4;1-11(2)10-15(17-12(3)4)13-8-6-7-9-14(13)16-5/h7-8,10,12,16H,9,11H2,1-6H3;4-7,13-14,17H,8-12H2,1-3H3;6-7,9,11-12,16H,8,10H2,1-5H3;5-6,10-11,15H,7-9H2,1-4H3;6-9,11-12,15H,10H2,1-5H3/t16-;17-;16-;2*15-/m00000/s1. The van der Waals surface area contributed by atoms with Crippen LogP contribution in [0, 0.1) is 58.4 Å². The highest BCUT2D eigenvalue weighted by Crippen LogP contribution is 2.39. The summed E-state index contributed by atoms with van der Waals surface area (Å²) in [5, 5.41) is 0. The maximum absolute atomic E-state index is 13.5. The summed E-state index contributed by atoms with van der Waals surface area (Å²) in [6, 6.07) is 30.0. The van der Waals surface area contributed by atoms with E-state index in [1.165, 1.54) is 36.4 Å². The van der Waals surface area contributed by atoms with Gasteiger partial charge in [-0.1, -0.05) is 140 Å². The lowest BCUT2D eigenvalue weighted by Crippen LogP contribution is -2.26. The van der Waals surface area contributed by atoms with Crippen molar-refractivity contribution in [3.63, 3.8) is 0 Å². The third-order valence-corrected chi connectivity index (χ3v) is 14.9. The van der Waals surface area contributed by atoms with E-state index in [4.69, 9.17) is 56.8 Å². The van der Waals surface area contributed by atoms with Gasteiger partial charge in [0, 0.05) is 54.7 Å². The van der Waals surface area contributed by atoms with Crippen LogP contribution in [-0.4, -0.2) is 94.5 Å². The molecule has 0 spiro atoms. The molecule has 0 amide bonds. The third kappa shape index (κ3) is 35.1. The second-order valence-electron chi connectivity index (χ2n) is 28.3. The van der Waals surface area contributed by atoms with Crippen LogP contribution in [0.15, 0.2) is 103 Å². The topological polar surface area (TPSA) is 111 Å². The summed E-state index contributed by atoms with van der Waals surface area (Å²) in [6.45, 7) is 40.3. The zero-order chi connectivity index (χ0) is 71.2. The molecule has 0 bridgehead atoms. The minimum Gasteiger partial charge on any atom is -0.496 e. The molecular formula is C80H125F3O12. The van der Waals surface area contributed by atoms with Gasteiger partial charge >= 0.3 is 0 Å². The molecule has 95 heavy (non-hydrogen) atoms. The van der Waals surface area contributed by atoms with Crippen LogP contribution in [0.4, 0.5) is 13.2 Å². The Morgan fingerprint density at radius 3 is 1.11 bits per heavy atom. The fourth-order valence-electron chi connectivity index (χ4n) is 10.5. The van der Waals surface area contributed by atoms with Gasteiger partial charge in [-0.3, -0.25) is 0 Å². The van der Waals surface area contributed by atoms with Crippen molar-refractivity contribution >= 4 is 0 Å². The van der Waals surface area contributed by atoms with Gasteiger partial charge in [-0.15, -0.1) is 0 Å². The first-order chi connectivity index (χ1) is 45.0. The Hall–Kier alpha value is -5.39. The average molecular weight is 1340 g/mol. The lowest BCUT2D eigenvalue weighted by molar-refractivity contribution is -0.0759. The highest BCUT2D eigenvalue weighted by Gasteiger charge is 2.27. The summed E-state index contributed by atoms with van der Waals surface area (Å²) in [7, 11) is 9.85. The zero-order valence-corrected chi connectivity index (χ0v) is 62.5. The van der Waals surface area contributed by atoms with E-state index in [0.29, 0.717) is 85.3 Å². The number of ether oxygens (including phenoxy) is 12. The van der Waals surface area contributed by atoms with Crippen molar-refractivity contribution in [1.29, 1.82) is 0 Å². The quantitative estimate of drug-likeness (QED) is 0.0373. The van der Waals surface area contributed by atoms with Crippen molar-refractivity contribution in [1.82, 2.24) is 0 Å². The second-order valence-corrected chi connectivity index (χ2v) is 28.3. The van der Waals surface area contributed by atoms with Gasteiger partial charge in [0.05, 0.1) is 98.1 Å². The van der Waals surface area contributed by atoms with E-state index in [1.807, 2.05) is 30.3 Å². The molecule has 5 aromatic carbocycles.